The van der Waals surface area contributed by atoms with Crippen LogP contribution in [0.4, 0.5) is 10.5 Å². The largest absolute Gasteiger partial charge is 0.334 e. The maximum Gasteiger partial charge on any atom is 0.319 e. The van der Waals surface area contributed by atoms with Gasteiger partial charge in [0.15, 0.2) is 0 Å². The maximum atomic E-state index is 12.9. The van der Waals surface area contributed by atoms with E-state index in [9.17, 15) is 4.79 Å². The second-order valence-electron chi connectivity index (χ2n) is 7.61. The second kappa shape index (κ2) is 8.93. The summed E-state index contributed by atoms with van der Waals surface area (Å²) in [6, 6.07) is 26.2. The third kappa shape index (κ3) is 4.49. The predicted molar refractivity (Wildman–Crippen MR) is 120 cm³/mol. The summed E-state index contributed by atoms with van der Waals surface area (Å²) >= 11 is 0. The monoisotopic (exact) mass is 385 g/mol. The standard InChI is InChI=1S/C25H27N3O/c26-22-16-7-8-17-23(22)27-25(29)28-24-20(18-10-3-1-4-11-18)14-9-15-21(24)19-12-5-2-6-13-19/h1-6,9-15,22-23H,7-8,16-17,26H2,(H2,27,28,29)/t22-,23-/m1/s1. The average molecular weight is 386 g/mol. The van der Waals surface area contributed by atoms with E-state index in [0.717, 1.165) is 53.6 Å². The molecule has 29 heavy (non-hydrogen) atoms. The highest BCUT2D eigenvalue weighted by molar-refractivity contribution is 6.00. The molecule has 0 spiro atoms. The van der Waals surface area contributed by atoms with Gasteiger partial charge in [-0.15, -0.1) is 0 Å². The molecule has 2 atom stereocenters. The molecule has 1 saturated carbocycles. The topological polar surface area (TPSA) is 67.1 Å². The summed E-state index contributed by atoms with van der Waals surface area (Å²) in [4.78, 5) is 12.9. The number of benzene rings is 3. The zero-order valence-electron chi connectivity index (χ0n) is 16.5. The maximum absolute atomic E-state index is 12.9. The Bertz CT molecular complexity index is 899. The Morgan fingerprint density at radius 3 is 1.86 bits per heavy atom. The van der Waals surface area contributed by atoms with Crippen LogP contribution in [0.3, 0.4) is 0 Å². The van der Waals surface area contributed by atoms with Crippen LogP contribution in [0.15, 0.2) is 78.9 Å². The molecule has 1 aliphatic rings. The minimum atomic E-state index is -0.201. The molecule has 3 aromatic rings. The lowest BCUT2D eigenvalue weighted by atomic mass is 9.91. The summed E-state index contributed by atoms with van der Waals surface area (Å²) in [5.74, 6) is 0. The van der Waals surface area contributed by atoms with Gasteiger partial charge in [-0.1, -0.05) is 91.7 Å². The molecule has 3 aromatic carbocycles. The molecule has 1 fully saturated rings. The summed E-state index contributed by atoms with van der Waals surface area (Å²) in [7, 11) is 0. The van der Waals surface area contributed by atoms with Gasteiger partial charge in [-0.25, -0.2) is 4.79 Å². The molecular weight excluding hydrogens is 358 g/mol. The molecule has 148 valence electrons. The highest BCUT2D eigenvalue weighted by Gasteiger charge is 2.24. The van der Waals surface area contributed by atoms with Crippen LogP contribution >= 0.6 is 0 Å². The van der Waals surface area contributed by atoms with Crippen LogP contribution in [0.2, 0.25) is 0 Å². The number of urea groups is 1. The van der Waals surface area contributed by atoms with Crippen LogP contribution in [0.5, 0.6) is 0 Å². The zero-order valence-corrected chi connectivity index (χ0v) is 16.5. The molecule has 0 radical (unpaired) electrons. The number of hydrogen-bond donors (Lipinski definition) is 3. The van der Waals surface area contributed by atoms with Crippen LogP contribution in [-0.4, -0.2) is 18.1 Å². The number of hydrogen-bond acceptors (Lipinski definition) is 2. The summed E-state index contributed by atoms with van der Waals surface area (Å²) in [5.41, 5.74) is 11.2. The summed E-state index contributed by atoms with van der Waals surface area (Å²) < 4.78 is 0. The van der Waals surface area contributed by atoms with Gasteiger partial charge in [0.2, 0.25) is 0 Å². The number of carbonyl (C=O) groups is 1. The summed E-state index contributed by atoms with van der Waals surface area (Å²) in [5, 5.41) is 6.24. The van der Waals surface area contributed by atoms with Gasteiger partial charge in [0.05, 0.1) is 5.69 Å². The number of para-hydroxylation sites is 1. The van der Waals surface area contributed by atoms with Crippen LogP contribution in [-0.2, 0) is 0 Å². The Morgan fingerprint density at radius 2 is 1.31 bits per heavy atom. The number of nitrogens with one attached hydrogen (secondary N) is 2. The fourth-order valence-corrected chi connectivity index (χ4v) is 4.06. The normalized spacial score (nSPS) is 18.8. The van der Waals surface area contributed by atoms with Gasteiger partial charge in [0.25, 0.3) is 0 Å². The SMILES string of the molecule is N[C@@H]1CCCC[C@H]1NC(=O)Nc1c(-c2ccccc2)cccc1-c1ccccc1. The predicted octanol–water partition coefficient (Wildman–Crippen LogP) is 5.41. The van der Waals surface area contributed by atoms with Crippen LogP contribution in [0, 0.1) is 0 Å². The third-order valence-corrected chi connectivity index (χ3v) is 5.61. The van der Waals surface area contributed by atoms with Gasteiger partial charge in [0.1, 0.15) is 0 Å². The van der Waals surface area contributed by atoms with E-state index in [1.165, 1.54) is 0 Å². The third-order valence-electron chi connectivity index (χ3n) is 5.61. The quantitative estimate of drug-likeness (QED) is 0.562. The van der Waals surface area contributed by atoms with Crippen molar-refractivity contribution in [1.29, 1.82) is 0 Å². The Hall–Kier alpha value is -3.11. The van der Waals surface area contributed by atoms with Gasteiger partial charge < -0.3 is 16.4 Å². The van der Waals surface area contributed by atoms with Crippen molar-refractivity contribution < 1.29 is 4.79 Å². The van der Waals surface area contributed by atoms with Crippen molar-refractivity contribution in [1.82, 2.24) is 5.32 Å². The fraction of sp³-hybridized carbons (Fsp3) is 0.240. The van der Waals surface area contributed by atoms with Crippen molar-refractivity contribution >= 4 is 11.7 Å². The first-order valence-corrected chi connectivity index (χ1v) is 10.3. The van der Waals surface area contributed by atoms with Gasteiger partial charge >= 0.3 is 6.03 Å². The van der Waals surface area contributed by atoms with Crippen molar-refractivity contribution in [2.45, 2.75) is 37.8 Å². The molecule has 0 aliphatic heterocycles. The van der Waals surface area contributed by atoms with Gasteiger partial charge in [-0.2, -0.15) is 0 Å². The van der Waals surface area contributed by atoms with Crippen molar-refractivity contribution in [2.24, 2.45) is 5.73 Å². The van der Waals surface area contributed by atoms with Gasteiger partial charge in [-0.05, 0) is 24.0 Å². The first kappa shape index (κ1) is 19.2. The molecule has 0 unspecified atom stereocenters. The first-order chi connectivity index (χ1) is 14.2. The summed E-state index contributed by atoms with van der Waals surface area (Å²) in [6.45, 7) is 0. The van der Waals surface area contributed by atoms with E-state index < -0.39 is 0 Å². The van der Waals surface area contributed by atoms with E-state index in [-0.39, 0.29) is 18.1 Å². The van der Waals surface area contributed by atoms with Gasteiger partial charge in [0, 0.05) is 23.2 Å². The van der Waals surface area contributed by atoms with Crippen molar-refractivity contribution in [2.75, 3.05) is 5.32 Å². The number of amides is 2. The highest BCUT2D eigenvalue weighted by atomic mass is 16.2. The summed E-state index contributed by atoms with van der Waals surface area (Å²) in [6.07, 6.45) is 4.13. The van der Waals surface area contributed by atoms with E-state index in [1.807, 2.05) is 54.6 Å². The molecule has 0 aromatic heterocycles. The lowest BCUT2D eigenvalue weighted by Crippen LogP contribution is -2.50. The minimum Gasteiger partial charge on any atom is -0.334 e. The van der Waals surface area contributed by atoms with E-state index in [0.29, 0.717) is 0 Å². The molecule has 0 saturated heterocycles. The number of nitrogens with two attached hydrogens (primary N) is 1. The van der Waals surface area contributed by atoms with E-state index >= 15 is 0 Å². The molecule has 4 nitrogen and oxygen atoms in total. The minimum absolute atomic E-state index is 0.0208. The Labute approximate surface area is 172 Å². The smallest absolute Gasteiger partial charge is 0.319 e. The number of anilines is 1. The Morgan fingerprint density at radius 1 is 0.759 bits per heavy atom. The lowest BCUT2D eigenvalue weighted by Gasteiger charge is -2.29. The Kier molecular flexibility index (Phi) is 5.92. The first-order valence-electron chi connectivity index (χ1n) is 10.3. The molecule has 1 aliphatic carbocycles. The molecule has 4 heteroatoms. The van der Waals surface area contributed by atoms with Crippen molar-refractivity contribution in [3.63, 3.8) is 0 Å². The van der Waals surface area contributed by atoms with E-state index in [1.54, 1.807) is 0 Å². The average Bonchev–Trinajstić information content (AvgIpc) is 2.77. The Balaban J connectivity index is 1.68. The second-order valence-corrected chi connectivity index (χ2v) is 7.61. The van der Waals surface area contributed by atoms with Crippen molar-refractivity contribution in [3.05, 3.63) is 78.9 Å². The molecular formula is C25H27N3O. The number of rotatable bonds is 4. The van der Waals surface area contributed by atoms with E-state index in [4.69, 9.17) is 5.73 Å². The highest BCUT2D eigenvalue weighted by Crippen LogP contribution is 2.37. The van der Waals surface area contributed by atoms with Crippen LogP contribution in [0.1, 0.15) is 25.7 Å². The van der Waals surface area contributed by atoms with Crippen LogP contribution < -0.4 is 16.4 Å². The molecule has 2 amide bonds. The lowest BCUT2D eigenvalue weighted by molar-refractivity contribution is 0.240. The number of carbonyl (C=O) groups excluding carboxylic acids is 1. The van der Waals surface area contributed by atoms with E-state index in [2.05, 4.69) is 34.9 Å². The molecule has 0 bridgehead atoms. The van der Waals surface area contributed by atoms with Crippen LogP contribution in [0.25, 0.3) is 22.3 Å². The fourth-order valence-electron chi connectivity index (χ4n) is 4.06. The zero-order chi connectivity index (χ0) is 20.1. The molecule has 4 N–H and O–H groups in total. The molecule has 4 rings (SSSR count). The van der Waals surface area contributed by atoms with Crippen molar-refractivity contribution in [3.8, 4) is 22.3 Å². The molecule has 0 heterocycles. The van der Waals surface area contributed by atoms with Gasteiger partial charge in [-0.3, -0.25) is 0 Å².